The minimum atomic E-state index is -3.97. The van der Waals surface area contributed by atoms with Crippen molar-refractivity contribution in [3.63, 3.8) is 0 Å². The minimum Gasteiger partial charge on any atom is -0.436 e. The maximum atomic E-state index is 13.6. The average Bonchev–Trinajstić information content (AvgIpc) is 3.52. The Labute approximate surface area is 231 Å². The van der Waals surface area contributed by atoms with Crippen LogP contribution < -0.4 is 0 Å². The summed E-state index contributed by atoms with van der Waals surface area (Å²) in [5.74, 6) is -0.213. The molecule has 0 saturated carbocycles. The Morgan fingerprint density at radius 3 is 2.82 bits per heavy atom. The highest BCUT2D eigenvalue weighted by Gasteiger charge is 2.40. The Morgan fingerprint density at radius 2 is 2.05 bits per heavy atom. The molecule has 2 amide bonds. The molecule has 39 heavy (non-hydrogen) atoms. The maximum Gasteiger partial charge on any atom is 0.310 e. The number of nitrogens with zero attached hydrogens (tertiary/aromatic N) is 5. The van der Waals surface area contributed by atoms with Gasteiger partial charge in [-0.15, -0.1) is 0 Å². The van der Waals surface area contributed by atoms with Crippen LogP contribution in [-0.4, -0.2) is 114 Å². The molecule has 0 spiro atoms. The molecule has 1 saturated heterocycles. The number of aromatic nitrogens is 2. The lowest BCUT2D eigenvalue weighted by atomic mass is 10.1. The van der Waals surface area contributed by atoms with Gasteiger partial charge in [0.25, 0.3) is 15.9 Å². The molecule has 0 radical (unpaired) electrons. The number of hydrogen-bond acceptors (Lipinski definition) is 8. The van der Waals surface area contributed by atoms with E-state index in [0.29, 0.717) is 34.7 Å². The first-order valence-corrected chi connectivity index (χ1v) is 14.5. The molecule has 2 N–H and O–H groups in total. The molecule has 2 aliphatic rings. The predicted molar refractivity (Wildman–Crippen MR) is 143 cm³/mol. The van der Waals surface area contributed by atoms with E-state index in [1.807, 2.05) is 7.05 Å². The quantitative estimate of drug-likeness (QED) is 0.425. The van der Waals surface area contributed by atoms with Gasteiger partial charge in [-0.1, -0.05) is 11.6 Å². The van der Waals surface area contributed by atoms with Crippen molar-refractivity contribution in [1.82, 2.24) is 29.0 Å². The molecule has 4 heterocycles. The predicted octanol–water partition coefficient (Wildman–Crippen LogP) is 1.15. The number of sulfonamides is 1. The van der Waals surface area contributed by atoms with Crippen molar-refractivity contribution in [2.24, 2.45) is 0 Å². The summed E-state index contributed by atoms with van der Waals surface area (Å²) < 4.78 is 34.3. The highest BCUT2D eigenvalue weighted by molar-refractivity contribution is 7.89. The first-order chi connectivity index (χ1) is 18.6. The van der Waals surface area contributed by atoms with Crippen LogP contribution in [0, 0.1) is 0 Å². The van der Waals surface area contributed by atoms with Crippen LogP contribution in [0.4, 0.5) is 0 Å². The van der Waals surface area contributed by atoms with E-state index in [-0.39, 0.29) is 56.0 Å². The molecule has 1 atom stereocenters. The van der Waals surface area contributed by atoms with E-state index in [0.717, 1.165) is 12.2 Å². The van der Waals surface area contributed by atoms with Gasteiger partial charge in [0, 0.05) is 68.5 Å². The summed E-state index contributed by atoms with van der Waals surface area (Å²) in [4.78, 5) is 38.8. The van der Waals surface area contributed by atoms with Gasteiger partial charge in [0.2, 0.25) is 5.91 Å². The van der Waals surface area contributed by atoms with Crippen LogP contribution in [0.15, 0.2) is 33.7 Å². The second-order valence-electron chi connectivity index (χ2n) is 10.0. The van der Waals surface area contributed by atoms with Crippen LogP contribution in [0.2, 0.25) is 5.02 Å². The average molecular weight is 579 g/mol. The third kappa shape index (κ3) is 5.54. The van der Waals surface area contributed by atoms with Crippen molar-refractivity contribution in [2.45, 2.75) is 30.5 Å². The van der Waals surface area contributed by atoms with E-state index in [9.17, 15) is 23.1 Å². The molecule has 0 aliphatic carbocycles. The third-order valence-electron chi connectivity index (χ3n) is 7.26. The number of carbonyl (C=O) groups excluding carboxylic acids is 2. The number of rotatable bonds is 7. The fraction of sp³-hybridized carbons (Fsp3) is 0.480. The molecule has 5 rings (SSSR count). The van der Waals surface area contributed by atoms with Gasteiger partial charge < -0.3 is 24.3 Å². The summed E-state index contributed by atoms with van der Waals surface area (Å²) in [6, 6.07) is 5.82. The number of fused-ring (bicyclic) bond motifs is 2. The van der Waals surface area contributed by atoms with Crippen molar-refractivity contribution in [3.05, 3.63) is 46.6 Å². The number of aromatic amines is 1. The molecule has 12 nitrogen and oxygen atoms in total. The number of amides is 2. The van der Waals surface area contributed by atoms with Crippen molar-refractivity contribution in [3.8, 4) is 0 Å². The van der Waals surface area contributed by atoms with Gasteiger partial charge in [-0.05, 0) is 31.3 Å². The highest BCUT2D eigenvalue weighted by Crippen LogP contribution is 2.28. The monoisotopic (exact) mass is 578 g/mol. The number of H-pyrrole nitrogens is 1. The van der Waals surface area contributed by atoms with E-state index in [1.54, 1.807) is 25.2 Å². The lowest BCUT2D eigenvalue weighted by Gasteiger charge is -2.40. The lowest BCUT2D eigenvalue weighted by Crippen LogP contribution is -2.57. The number of piperazine rings is 1. The van der Waals surface area contributed by atoms with Crippen molar-refractivity contribution in [1.29, 1.82) is 0 Å². The van der Waals surface area contributed by atoms with Gasteiger partial charge in [0.15, 0.2) is 0 Å². The summed E-state index contributed by atoms with van der Waals surface area (Å²) in [5.41, 5.74) is 1.37. The largest absolute Gasteiger partial charge is 0.436 e. The maximum absolute atomic E-state index is 13.6. The Balaban J connectivity index is 1.41. The van der Waals surface area contributed by atoms with Gasteiger partial charge in [-0.2, -0.15) is 4.31 Å². The number of aliphatic hydroxyl groups is 1. The fourth-order valence-electron chi connectivity index (χ4n) is 5.01. The highest BCUT2D eigenvalue weighted by atomic mass is 35.5. The van der Waals surface area contributed by atoms with E-state index in [4.69, 9.17) is 16.0 Å². The molecular formula is C25H31ClN6O6S. The van der Waals surface area contributed by atoms with Crippen LogP contribution in [0.3, 0.4) is 0 Å². The zero-order valence-corrected chi connectivity index (χ0v) is 23.3. The first kappa shape index (κ1) is 27.6. The van der Waals surface area contributed by atoms with Gasteiger partial charge >= 0.3 is 5.91 Å². The molecule has 0 bridgehead atoms. The molecule has 14 heteroatoms. The van der Waals surface area contributed by atoms with Gasteiger partial charge in [0.1, 0.15) is 10.8 Å². The van der Waals surface area contributed by atoms with Gasteiger partial charge in [0.05, 0.1) is 24.9 Å². The number of nitrogens with one attached hydrogen (secondary N) is 1. The summed E-state index contributed by atoms with van der Waals surface area (Å²) in [7, 11) is -0.462. The lowest BCUT2D eigenvalue weighted by molar-refractivity contribution is -0.131. The second kappa shape index (κ2) is 10.9. The zero-order valence-electron chi connectivity index (χ0n) is 21.8. The minimum absolute atomic E-state index is 0.00603. The Morgan fingerprint density at radius 1 is 1.26 bits per heavy atom. The molecule has 2 aliphatic heterocycles. The topological polar surface area (TPSA) is 143 Å². The number of carbonyl (C=O) groups is 2. The number of hydrogen-bond donors (Lipinski definition) is 2. The SMILES string of the molecule is CN1CCc2nc(C(=O)N3CCN(S(=O)(=O)c4cc5cc(Cl)ccc5[nH]4)CC3CC(=O)N(C)CCO)oc2C1. The molecule has 2 aromatic heterocycles. The number of benzene rings is 1. The van der Waals surface area contributed by atoms with E-state index >= 15 is 0 Å². The Hall–Kier alpha value is -2.97. The zero-order chi connectivity index (χ0) is 27.9. The van der Waals surface area contributed by atoms with Crippen molar-refractivity contribution in [2.75, 3.05) is 53.4 Å². The van der Waals surface area contributed by atoms with E-state index in [1.165, 1.54) is 20.2 Å². The summed E-state index contributed by atoms with van der Waals surface area (Å²) in [5, 5.41) is 10.4. The van der Waals surface area contributed by atoms with Crippen molar-refractivity contribution < 1.29 is 27.5 Å². The molecule has 1 aromatic carbocycles. The normalized spacial score (nSPS) is 18.9. The van der Waals surface area contributed by atoms with Gasteiger partial charge in [-0.25, -0.2) is 13.4 Å². The smallest absolute Gasteiger partial charge is 0.310 e. The summed E-state index contributed by atoms with van der Waals surface area (Å²) >= 11 is 6.07. The molecule has 1 unspecified atom stereocenters. The summed E-state index contributed by atoms with van der Waals surface area (Å²) in [6.45, 7) is 1.26. The third-order valence-corrected chi connectivity index (χ3v) is 9.28. The standard InChI is InChI=1S/C25H31ClN6O6S/c1-29-6-5-20-21(15-29)38-24(28-20)25(35)32-8-7-31(14-18(32)13-23(34)30(2)9-10-33)39(36,37)22-12-16-11-17(26)3-4-19(16)27-22/h3-4,11-12,18,27,33H,5-10,13-15H2,1-2H3. The van der Waals surface area contributed by atoms with Crippen LogP contribution >= 0.6 is 11.6 Å². The molecular weight excluding hydrogens is 548 g/mol. The first-order valence-electron chi connectivity index (χ1n) is 12.7. The van der Waals surface area contributed by atoms with Crippen LogP contribution in [-0.2, 0) is 27.8 Å². The number of likely N-dealkylation sites (N-methyl/N-ethyl adjacent to an activating group) is 2. The second-order valence-corrected chi connectivity index (χ2v) is 12.3. The molecule has 1 fully saturated rings. The number of aliphatic hydroxyl groups excluding tert-OH is 1. The van der Waals surface area contributed by atoms with Crippen molar-refractivity contribution >= 4 is 44.3 Å². The molecule has 210 valence electrons. The fourth-order valence-corrected chi connectivity index (χ4v) is 6.68. The number of halogens is 1. The summed E-state index contributed by atoms with van der Waals surface area (Å²) in [6.07, 6.45) is 0.540. The van der Waals surface area contributed by atoms with Gasteiger partial charge in [-0.3, -0.25) is 14.5 Å². The Kier molecular flexibility index (Phi) is 7.71. The van der Waals surface area contributed by atoms with Crippen LogP contribution in [0.5, 0.6) is 0 Å². The Bertz CT molecular complexity index is 1500. The van der Waals surface area contributed by atoms with Crippen LogP contribution in [0.1, 0.15) is 28.6 Å². The number of oxazole rings is 1. The van der Waals surface area contributed by atoms with Crippen LogP contribution in [0.25, 0.3) is 10.9 Å². The van der Waals surface area contributed by atoms with E-state index < -0.39 is 22.0 Å². The molecule has 3 aromatic rings. The van der Waals surface area contributed by atoms with E-state index in [2.05, 4.69) is 14.9 Å².